The van der Waals surface area contributed by atoms with Crippen molar-refractivity contribution in [3.05, 3.63) is 58.6 Å². The van der Waals surface area contributed by atoms with Gasteiger partial charge in [0.1, 0.15) is 24.8 Å². The number of rotatable bonds is 7. The molecular weight excluding hydrogens is 516 g/mol. The molecular formula is C22H19ClN4O6S2. The van der Waals surface area contributed by atoms with Gasteiger partial charge in [0.2, 0.25) is 20.2 Å². The topological polar surface area (TPSA) is 131 Å². The van der Waals surface area contributed by atoms with E-state index in [0.29, 0.717) is 22.8 Å². The van der Waals surface area contributed by atoms with Gasteiger partial charge in [0.25, 0.3) is 5.91 Å². The number of nitrogens with one attached hydrogen (secondary N) is 1. The molecule has 0 atom stereocenters. The van der Waals surface area contributed by atoms with Gasteiger partial charge in [-0.25, -0.2) is 13.3 Å². The molecule has 35 heavy (non-hydrogen) atoms. The maximum Gasteiger partial charge on any atom is 0.283 e. The fourth-order valence-corrected chi connectivity index (χ4v) is 5.26. The predicted octanol–water partition coefficient (Wildman–Crippen LogP) is 3.43. The number of fused-ring (bicyclic) bond motifs is 1. The van der Waals surface area contributed by atoms with Crippen LogP contribution in [0.4, 0.5) is 0 Å². The molecule has 0 saturated heterocycles. The smallest absolute Gasteiger partial charge is 0.283 e. The van der Waals surface area contributed by atoms with Crippen LogP contribution in [-0.4, -0.2) is 62.0 Å². The van der Waals surface area contributed by atoms with Crippen LogP contribution in [0.1, 0.15) is 5.56 Å². The predicted molar refractivity (Wildman–Crippen MR) is 135 cm³/mol. The highest BCUT2D eigenvalue weighted by molar-refractivity contribution is 8.16. The van der Waals surface area contributed by atoms with Crippen molar-refractivity contribution in [1.29, 1.82) is 5.41 Å². The average Bonchev–Trinajstić information content (AvgIpc) is 3.25. The summed E-state index contributed by atoms with van der Waals surface area (Å²) in [6.45, 7) is 0.478. The van der Waals surface area contributed by atoms with Crippen LogP contribution in [0.2, 0.25) is 5.02 Å². The van der Waals surface area contributed by atoms with Crippen molar-refractivity contribution >= 4 is 61.5 Å². The van der Waals surface area contributed by atoms with Gasteiger partial charge in [0, 0.05) is 6.26 Å². The van der Waals surface area contributed by atoms with E-state index in [1.807, 2.05) is 12.1 Å². The molecule has 2 aliphatic rings. The third kappa shape index (κ3) is 5.34. The summed E-state index contributed by atoms with van der Waals surface area (Å²) in [7, 11) is -2.16. The number of carbonyl (C=O) groups excluding carboxylic acids is 1. The van der Waals surface area contributed by atoms with E-state index >= 15 is 0 Å². The molecule has 10 nitrogen and oxygen atoms in total. The number of methoxy groups -OCH3 is 1. The summed E-state index contributed by atoms with van der Waals surface area (Å²) in [6, 6.07) is 12.1. The first-order valence-corrected chi connectivity index (χ1v) is 13.1. The van der Waals surface area contributed by atoms with E-state index in [1.165, 1.54) is 6.08 Å². The third-order valence-electron chi connectivity index (χ3n) is 4.76. The SMILES string of the molecule is COc1ccccc1OCCOc1ccc(/C=C2/C(=N)N3C(=NC2=O)SN=C3S(C)(=O)=O)cc1Cl. The summed E-state index contributed by atoms with van der Waals surface area (Å²) in [5.74, 6) is 0.607. The van der Waals surface area contributed by atoms with Crippen molar-refractivity contribution in [2.24, 2.45) is 9.39 Å². The lowest BCUT2D eigenvalue weighted by atomic mass is 10.1. The first-order valence-electron chi connectivity index (χ1n) is 10.1. The summed E-state index contributed by atoms with van der Waals surface area (Å²) >= 11 is 7.07. The molecule has 0 aliphatic carbocycles. The van der Waals surface area contributed by atoms with Crippen LogP contribution in [0.3, 0.4) is 0 Å². The molecule has 0 aromatic heterocycles. The summed E-state index contributed by atoms with van der Waals surface area (Å²) in [5, 5.41) is 8.35. The molecule has 182 valence electrons. The molecule has 0 fully saturated rings. The van der Waals surface area contributed by atoms with E-state index in [1.54, 1.807) is 37.4 Å². The molecule has 2 aromatic rings. The standard InChI is InChI=1S/C22H19ClN4O6S2/c1-31-17-5-3-4-6-18(17)33-10-9-32-16-8-7-13(12-15(16)23)11-14-19(24)27-21(25-20(14)28)34-26-22(27)35(2,29)30/h3-8,11-12,24H,9-10H2,1-2H3/b14-11-,24-19?. The number of halogens is 1. The Kier molecular flexibility index (Phi) is 7.15. The lowest BCUT2D eigenvalue weighted by Crippen LogP contribution is -2.45. The van der Waals surface area contributed by atoms with Crippen LogP contribution in [0.5, 0.6) is 17.2 Å². The van der Waals surface area contributed by atoms with E-state index in [2.05, 4.69) is 9.39 Å². The molecule has 2 aromatic carbocycles. The van der Waals surface area contributed by atoms with Crippen molar-refractivity contribution in [1.82, 2.24) is 4.90 Å². The van der Waals surface area contributed by atoms with Crippen LogP contribution < -0.4 is 14.2 Å². The molecule has 0 saturated carbocycles. The highest BCUT2D eigenvalue weighted by atomic mass is 35.5. The number of benzene rings is 2. The van der Waals surface area contributed by atoms with E-state index in [9.17, 15) is 13.2 Å². The summed E-state index contributed by atoms with van der Waals surface area (Å²) < 4.78 is 44.4. The number of amidine groups is 3. The zero-order chi connectivity index (χ0) is 25.2. The number of para-hydroxylation sites is 2. The van der Waals surface area contributed by atoms with Gasteiger partial charge in [0.15, 0.2) is 11.5 Å². The van der Waals surface area contributed by atoms with Crippen LogP contribution in [0, 0.1) is 5.41 Å². The number of nitrogens with zero attached hydrogens (tertiary/aromatic N) is 3. The Morgan fingerprint density at radius 3 is 2.46 bits per heavy atom. The van der Waals surface area contributed by atoms with Crippen LogP contribution >= 0.6 is 23.5 Å². The number of aliphatic imine (C=N–C) groups is 1. The van der Waals surface area contributed by atoms with Crippen LogP contribution in [0.15, 0.2) is 57.4 Å². The maximum atomic E-state index is 12.5. The van der Waals surface area contributed by atoms with Gasteiger partial charge < -0.3 is 14.2 Å². The Morgan fingerprint density at radius 2 is 1.80 bits per heavy atom. The molecule has 13 heteroatoms. The second kappa shape index (κ2) is 10.1. The van der Waals surface area contributed by atoms with Gasteiger partial charge in [-0.15, -0.1) is 0 Å². The van der Waals surface area contributed by atoms with Gasteiger partial charge >= 0.3 is 0 Å². The Hall–Kier alpha value is -3.35. The fourth-order valence-electron chi connectivity index (χ4n) is 3.17. The highest BCUT2D eigenvalue weighted by Crippen LogP contribution is 2.31. The molecule has 0 unspecified atom stereocenters. The minimum Gasteiger partial charge on any atom is -0.493 e. The first-order chi connectivity index (χ1) is 16.7. The number of hydrogen-bond donors (Lipinski definition) is 1. The monoisotopic (exact) mass is 534 g/mol. The van der Waals surface area contributed by atoms with Crippen molar-refractivity contribution in [2.45, 2.75) is 0 Å². The molecule has 1 amide bonds. The van der Waals surface area contributed by atoms with Crippen molar-refractivity contribution in [2.75, 3.05) is 26.6 Å². The van der Waals surface area contributed by atoms with Crippen molar-refractivity contribution in [3.63, 3.8) is 0 Å². The second-order valence-corrected chi connectivity index (χ2v) is 10.3. The average molecular weight is 535 g/mol. The molecule has 0 spiro atoms. The van der Waals surface area contributed by atoms with Gasteiger partial charge in [-0.05, 0) is 35.9 Å². The number of ether oxygens (including phenoxy) is 3. The van der Waals surface area contributed by atoms with E-state index in [-0.39, 0.29) is 40.0 Å². The lowest BCUT2D eigenvalue weighted by molar-refractivity contribution is -0.114. The Balaban J connectivity index is 1.45. The third-order valence-corrected chi connectivity index (χ3v) is 6.81. The zero-order valence-corrected chi connectivity index (χ0v) is 20.9. The molecule has 0 bridgehead atoms. The first kappa shape index (κ1) is 24.8. The number of amides is 1. The van der Waals surface area contributed by atoms with E-state index in [0.717, 1.165) is 23.1 Å². The summed E-state index contributed by atoms with van der Waals surface area (Å²) in [6.07, 6.45) is 2.39. The van der Waals surface area contributed by atoms with Gasteiger partial charge in [0.05, 0.1) is 29.7 Å². The molecule has 0 radical (unpaired) electrons. The largest absolute Gasteiger partial charge is 0.493 e. The Labute approximate surface area is 210 Å². The maximum absolute atomic E-state index is 12.5. The van der Waals surface area contributed by atoms with E-state index in [4.69, 9.17) is 31.2 Å². The summed E-state index contributed by atoms with van der Waals surface area (Å²) in [5.41, 5.74) is 0.409. The number of sulfone groups is 1. The highest BCUT2D eigenvalue weighted by Gasteiger charge is 2.41. The minimum atomic E-state index is -3.72. The Bertz CT molecular complexity index is 1400. The minimum absolute atomic E-state index is 0.0229. The number of carbonyl (C=O) groups is 1. The molecule has 1 N–H and O–H groups in total. The van der Waals surface area contributed by atoms with Gasteiger partial charge in [-0.3, -0.25) is 10.2 Å². The van der Waals surface area contributed by atoms with Crippen molar-refractivity contribution < 1.29 is 27.4 Å². The summed E-state index contributed by atoms with van der Waals surface area (Å²) in [4.78, 5) is 17.4. The number of hydrogen-bond acceptors (Lipinski definition) is 9. The van der Waals surface area contributed by atoms with E-state index < -0.39 is 15.7 Å². The van der Waals surface area contributed by atoms with Crippen LogP contribution in [0.25, 0.3) is 6.08 Å². The van der Waals surface area contributed by atoms with Crippen molar-refractivity contribution in [3.8, 4) is 17.2 Å². The molecule has 2 heterocycles. The van der Waals surface area contributed by atoms with Crippen LogP contribution in [-0.2, 0) is 14.6 Å². The van der Waals surface area contributed by atoms with Gasteiger partial charge in [-0.1, -0.05) is 29.8 Å². The molecule has 2 aliphatic heterocycles. The normalized spacial score (nSPS) is 16.7. The van der Waals surface area contributed by atoms with Gasteiger partial charge in [-0.2, -0.15) is 9.39 Å². The molecule has 4 rings (SSSR count). The Morgan fingerprint density at radius 1 is 1.11 bits per heavy atom. The fraction of sp³-hybridized carbons (Fsp3) is 0.182. The second-order valence-electron chi connectivity index (χ2n) is 7.22. The zero-order valence-electron chi connectivity index (χ0n) is 18.5. The lowest BCUT2D eigenvalue weighted by Gasteiger charge is -2.23. The quantitative estimate of drug-likeness (QED) is 0.325.